The Hall–Kier alpha value is -2.89. The normalized spacial score (nSPS) is 11.2. The van der Waals surface area contributed by atoms with Gasteiger partial charge in [-0.3, -0.25) is 9.79 Å². The van der Waals surface area contributed by atoms with Gasteiger partial charge in [-0.15, -0.1) is 0 Å². The lowest BCUT2D eigenvalue weighted by atomic mass is 10.1. The Kier molecular flexibility index (Phi) is 7.14. The van der Waals surface area contributed by atoms with Gasteiger partial charge in [-0.05, 0) is 48.7 Å². The van der Waals surface area contributed by atoms with E-state index in [0.29, 0.717) is 36.7 Å². The number of carbonyl (C=O) groups excluding carboxylic acids is 1. The Morgan fingerprint density at radius 1 is 1.04 bits per heavy atom. The number of aliphatic imine (C=N–C) groups is 1. The molecule has 138 valence electrons. The van der Waals surface area contributed by atoms with Crippen molar-refractivity contribution < 1.29 is 9.18 Å². The van der Waals surface area contributed by atoms with Gasteiger partial charge in [-0.2, -0.15) is 0 Å². The van der Waals surface area contributed by atoms with Gasteiger partial charge in [0.25, 0.3) is 5.91 Å². The van der Waals surface area contributed by atoms with Gasteiger partial charge in [0.1, 0.15) is 5.82 Å². The minimum atomic E-state index is -0.205. The van der Waals surface area contributed by atoms with Crippen molar-refractivity contribution in [2.24, 2.45) is 4.99 Å². The van der Waals surface area contributed by atoms with Gasteiger partial charge >= 0.3 is 0 Å². The summed E-state index contributed by atoms with van der Waals surface area (Å²) >= 11 is 0. The maximum Gasteiger partial charge on any atom is 0.251 e. The van der Waals surface area contributed by atoms with E-state index < -0.39 is 0 Å². The summed E-state index contributed by atoms with van der Waals surface area (Å²) in [6.45, 7) is 5.31. The first-order valence-electron chi connectivity index (χ1n) is 8.60. The van der Waals surface area contributed by atoms with Crippen LogP contribution in [0.25, 0.3) is 0 Å². The van der Waals surface area contributed by atoms with E-state index in [9.17, 15) is 9.18 Å². The number of halogens is 1. The van der Waals surface area contributed by atoms with Crippen LogP contribution in [0.1, 0.15) is 34.0 Å². The molecule has 0 aliphatic carbocycles. The van der Waals surface area contributed by atoms with Crippen molar-refractivity contribution in [2.75, 3.05) is 13.6 Å². The van der Waals surface area contributed by atoms with Gasteiger partial charge in [0.15, 0.2) is 5.96 Å². The zero-order valence-electron chi connectivity index (χ0n) is 15.4. The number of rotatable bonds is 6. The average Bonchev–Trinajstić information content (AvgIpc) is 2.65. The van der Waals surface area contributed by atoms with E-state index in [2.05, 4.69) is 20.9 Å². The largest absolute Gasteiger partial charge is 0.352 e. The van der Waals surface area contributed by atoms with Crippen LogP contribution in [0.5, 0.6) is 0 Å². The van der Waals surface area contributed by atoms with Gasteiger partial charge < -0.3 is 16.0 Å². The predicted octanol–water partition coefficient (Wildman–Crippen LogP) is 2.75. The van der Waals surface area contributed by atoms with E-state index >= 15 is 0 Å². The topological polar surface area (TPSA) is 65.5 Å². The number of hydrogen-bond donors (Lipinski definition) is 3. The van der Waals surface area contributed by atoms with E-state index in [0.717, 1.165) is 11.1 Å². The van der Waals surface area contributed by atoms with Crippen molar-refractivity contribution in [1.29, 1.82) is 0 Å². The molecule has 0 radical (unpaired) electrons. The van der Waals surface area contributed by atoms with Gasteiger partial charge in [0.2, 0.25) is 0 Å². The smallest absolute Gasteiger partial charge is 0.251 e. The SMILES string of the molecule is CCNC(=O)c1cccc(CNC(=NC)NCc2ccc(F)c(C)c2)c1. The third-order valence-electron chi connectivity index (χ3n) is 3.89. The fraction of sp³-hybridized carbons (Fsp3) is 0.300. The summed E-state index contributed by atoms with van der Waals surface area (Å²) in [5.74, 6) is 0.349. The van der Waals surface area contributed by atoms with Crippen LogP contribution in [0.3, 0.4) is 0 Å². The minimum Gasteiger partial charge on any atom is -0.352 e. The molecule has 0 unspecified atom stereocenters. The second kappa shape index (κ2) is 9.56. The molecule has 3 N–H and O–H groups in total. The maximum atomic E-state index is 13.3. The summed E-state index contributed by atoms with van der Waals surface area (Å²) in [6, 6.07) is 12.5. The minimum absolute atomic E-state index is 0.0801. The third-order valence-corrected chi connectivity index (χ3v) is 3.89. The summed E-state index contributed by atoms with van der Waals surface area (Å²) in [5, 5.41) is 9.20. The van der Waals surface area contributed by atoms with Crippen molar-refractivity contribution >= 4 is 11.9 Å². The fourth-order valence-electron chi connectivity index (χ4n) is 2.49. The monoisotopic (exact) mass is 356 g/mol. The number of aryl methyl sites for hydroxylation is 1. The molecule has 6 heteroatoms. The molecule has 0 aromatic heterocycles. The Morgan fingerprint density at radius 2 is 1.73 bits per heavy atom. The summed E-state index contributed by atoms with van der Waals surface area (Å²) in [4.78, 5) is 16.1. The number of nitrogens with zero attached hydrogens (tertiary/aromatic N) is 1. The molecule has 1 amide bonds. The molecule has 0 bridgehead atoms. The predicted molar refractivity (Wildman–Crippen MR) is 103 cm³/mol. The Morgan fingerprint density at radius 3 is 2.35 bits per heavy atom. The fourth-order valence-corrected chi connectivity index (χ4v) is 2.49. The lowest BCUT2D eigenvalue weighted by Gasteiger charge is -2.13. The second-order valence-electron chi connectivity index (χ2n) is 5.92. The molecule has 2 aromatic carbocycles. The highest BCUT2D eigenvalue weighted by atomic mass is 19.1. The standard InChI is InChI=1S/C20H25FN4O/c1-4-23-19(26)17-7-5-6-15(11-17)12-24-20(22-3)25-13-16-8-9-18(21)14(2)10-16/h5-11H,4,12-13H2,1-3H3,(H,23,26)(H2,22,24,25). The van der Waals surface area contributed by atoms with Gasteiger partial charge in [0.05, 0.1) is 0 Å². The third kappa shape index (κ3) is 5.58. The first-order valence-corrected chi connectivity index (χ1v) is 8.60. The molecule has 0 saturated carbocycles. The Labute approximate surface area is 153 Å². The summed E-state index contributed by atoms with van der Waals surface area (Å²) in [5.41, 5.74) is 3.21. The van der Waals surface area contributed by atoms with Crippen LogP contribution in [-0.4, -0.2) is 25.5 Å². The van der Waals surface area contributed by atoms with E-state index in [1.54, 1.807) is 26.1 Å². The molecule has 0 aliphatic heterocycles. The van der Waals surface area contributed by atoms with Gasteiger partial charge in [0, 0.05) is 32.2 Å². The Balaban J connectivity index is 1.91. The number of hydrogen-bond acceptors (Lipinski definition) is 2. The van der Waals surface area contributed by atoms with Crippen LogP contribution in [0.4, 0.5) is 4.39 Å². The van der Waals surface area contributed by atoms with E-state index in [4.69, 9.17) is 0 Å². The molecular formula is C20H25FN4O. The van der Waals surface area contributed by atoms with Crippen LogP contribution >= 0.6 is 0 Å². The number of carbonyl (C=O) groups is 1. The molecule has 2 rings (SSSR count). The average molecular weight is 356 g/mol. The summed E-state index contributed by atoms with van der Waals surface area (Å²) < 4.78 is 13.3. The highest BCUT2D eigenvalue weighted by Crippen LogP contribution is 2.09. The van der Waals surface area contributed by atoms with Crippen molar-refractivity contribution in [2.45, 2.75) is 26.9 Å². The highest BCUT2D eigenvalue weighted by molar-refractivity contribution is 5.94. The van der Waals surface area contributed by atoms with E-state index in [1.807, 2.05) is 31.2 Å². The first-order chi connectivity index (χ1) is 12.5. The molecule has 0 fully saturated rings. The quantitative estimate of drug-likeness (QED) is 0.551. The molecule has 0 atom stereocenters. The number of guanidine groups is 1. The van der Waals surface area contributed by atoms with Gasteiger partial charge in [-0.1, -0.05) is 24.3 Å². The maximum absolute atomic E-state index is 13.3. The van der Waals surface area contributed by atoms with E-state index in [-0.39, 0.29) is 11.7 Å². The van der Waals surface area contributed by atoms with Crippen LogP contribution in [0.2, 0.25) is 0 Å². The van der Waals surface area contributed by atoms with Crippen molar-refractivity contribution in [3.8, 4) is 0 Å². The number of amides is 1. The zero-order chi connectivity index (χ0) is 18.9. The molecule has 26 heavy (non-hydrogen) atoms. The van der Waals surface area contributed by atoms with Crippen LogP contribution in [0, 0.1) is 12.7 Å². The summed E-state index contributed by atoms with van der Waals surface area (Å²) in [6.07, 6.45) is 0. The zero-order valence-corrected chi connectivity index (χ0v) is 15.4. The molecule has 0 aliphatic rings. The molecule has 0 spiro atoms. The van der Waals surface area contributed by atoms with Crippen molar-refractivity contribution in [1.82, 2.24) is 16.0 Å². The second-order valence-corrected chi connectivity index (χ2v) is 5.92. The van der Waals surface area contributed by atoms with Crippen LogP contribution < -0.4 is 16.0 Å². The van der Waals surface area contributed by atoms with Crippen LogP contribution in [0.15, 0.2) is 47.5 Å². The molecule has 5 nitrogen and oxygen atoms in total. The molecular weight excluding hydrogens is 331 g/mol. The Bertz CT molecular complexity index is 789. The molecule has 2 aromatic rings. The number of benzene rings is 2. The van der Waals surface area contributed by atoms with Gasteiger partial charge in [-0.25, -0.2) is 4.39 Å². The van der Waals surface area contributed by atoms with Crippen LogP contribution in [-0.2, 0) is 13.1 Å². The first kappa shape index (κ1) is 19.4. The summed E-state index contributed by atoms with van der Waals surface area (Å²) in [7, 11) is 1.69. The number of nitrogens with one attached hydrogen (secondary N) is 3. The lowest BCUT2D eigenvalue weighted by molar-refractivity contribution is 0.0955. The molecule has 0 saturated heterocycles. The van der Waals surface area contributed by atoms with E-state index in [1.165, 1.54) is 6.07 Å². The molecule has 0 heterocycles. The highest BCUT2D eigenvalue weighted by Gasteiger charge is 2.06. The van der Waals surface area contributed by atoms with Crippen molar-refractivity contribution in [3.05, 3.63) is 70.5 Å². The van der Waals surface area contributed by atoms with Crippen molar-refractivity contribution in [3.63, 3.8) is 0 Å². The lowest BCUT2D eigenvalue weighted by Crippen LogP contribution is -2.36.